The Morgan fingerprint density at radius 2 is 2.06 bits per heavy atom. The Bertz CT molecular complexity index is 1060. The van der Waals surface area contributed by atoms with Crippen LogP contribution in [0, 0.1) is 0 Å². The van der Waals surface area contributed by atoms with E-state index in [1.54, 1.807) is 17.2 Å². The van der Waals surface area contributed by atoms with Gasteiger partial charge < -0.3 is 19.5 Å². The summed E-state index contributed by atoms with van der Waals surface area (Å²) in [5.74, 6) is 0.553. The quantitative estimate of drug-likeness (QED) is 0.750. The van der Waals surface area contributed by atoms with E-state index in [1.165, 1.54) is 12.0 Å². The summed E-state index contributed by atoms with van der Waals surface area (Å²) in [5.41, 5.74) is 3.69. The van der Waals surface area contributed by atoms with E-state index in [2.05, 4.69) is 15.0 Å². The molecule has 0 radical (unpaired) electrons. The molecule has 3 amide bonds. The number of amides is 3. The van der Waals surface area contributed by atoms with Crippen molar-refractivity contribution in [3.05, 3.63) is 42.1 Å². The average molecular weight is 424 g/mol. The molecule has 10 nitrogen and oxygen atoms in total. The summed E-state index contributed by atoms with van der Waals surface area (Å²) >= 11 is 0. The Hall–Kier alpha value is -3.82. The number of rotatable bonds is 4. The number of hydrogen-bond donors (Lipinski definition) is 1. The Kier molecular flexibility index (Phi) is 4.61. The molecular weight excluding hydrogens is 404 g/mol. The molecule has 1 aromatic heterocycles. The summed E-state index contributed by atoms with van der Waals surface area (Å²) < 4.78 is 15.0. The van der Waals surface area contributed by atoms with Crippen LogP contribution in [0.4, 0.5) is 25.9 Å². The molecule has 160 valence electrons. The number of nitrogens with zero attached hydrogens (tertiary/aromatic N) is 3. The maximum atomic E-state index is 12.4. The first-order valence-corrected chi connectivity index (χ1v) is 9.90. The fourth-order valence-corrected chi connectivity index (χ4v) is 4.21. The maximum Gasteiger partial charge on any atom is 0.415 e. The Morgan fingerprint density at radius 3 is 2.77 bits per heavy atom. The highest BCUT2D eigenvalue weighted by molar-refractivity contribution is 5.94. The minimum absolute atomic E-state index is 0.184. The van der Waals surface area contributed by atoms with Crippen molar-refractivity contribution < 1.29 is 28.6 Å². The molecule has 0 aliphatic carbocycles. The topological polar surface area (TPSA) is 110 Å². The van der Waals surface area contributed by atoms with E-state index in [1.807, 2.05) is 24.3 Å². The van der Waals surface area contributed by atoms with Gasteiger partial charge in [-0.3, -0.25) is 9.80 Å². The van der Waals surface area contributed by atoms with Gasteiger partial charge in [-0.15, -0.1) is 0 Å². The second-order valence-corrected chi connectivity index (χ2v) is 7.45. The number of pyridine rings is 1. The molecule has 4 heterocycles. The highest BCUT2D eigenvalue weighted by Gasteiger charge is 2.47. The molecule has 0 bridgehead atoms. The van der Waals surface area contributed by atoms with E-state index in [-0.39, 0.29) is 18.7 Å². The summed E-state index contributed by atoms with van der Waals surface area (Å²) in [6, 6.07) is 9.37. The summed E-state index contributed by atoms with van der Waals surface area (Å²) in [4.78, 5) is 43.0. The van der Waals surface area contributed by atoms with E-state index >= 15 is 0 Å². The van der Waals surface area contributed by atoms with E-state index in [4.69, 9.17) is 9.47 Å². The largest absolute Gasteiger partial charge is 0.453 e. The number of aromatic nitrogens is 1. The van der Waals surface area contributed by atoms with Gasteiger partial charge in [-0.05, 0) is 41.8 Å². The second-order valence-electron chi connectivity index (χ2n) is 7.45. The van der Waals surface area contributed by atoms with Crippen LogP contribution in [-0.4, -0.2) is 62.2 Å². The van der Waals surface area contributed by atoms with Crippen molar-refractivity contribution in [2.75, 3.05) is 36.6 Å². The Balaban J connectivity index is 1.35. The van der Waals surface area contributed by atoms with Crippen molar-refractivity contribution in [2.45, 2.75) is 18.6 Å². The molecule has 0 unspecified atom stereocenters. The molecule has 2 fully saturated rings. The molecule has 3 aliphatic heterocycles. The average Bonchev–Trinajstić information content (AvgIpc) is 3.46. The summed E-state index contributed by atoms with van der Waals surface area (Å²) in [7, 11) is 1.29. The zero-order valence-corrected chi connectivity index (χ0v) is 16.7. The number of ether oxygens (including phenoxy) is 3. The minimum Gasteiger partial charge on any atom is -0.453 e. The third kappa shape index (κ3) is 3.29. The van der Waals surface area contributed by atoms with Crippen LogP contribution >= 0.6 is 0 Å². The van der Waals surface area contributed by atoms with Crippen LogP contribution in [0.3, 0.4) is 0 Å². The number of carbonyl (C=O) groups excluding carboxylic acids is 3. The third-order valence-corrected chi connectivity index (χ3v) is 5.73. The van der Waals surface area contributed by atoms with Crippen molar-refractivity contribution in [1.29, 1.82) is 0 Å². The van der Waals surface area contributed by atoms with Gasteiger partial charge in [-0.1, -0.05) is 6.07 Å². The van der Waals surface area contributed by atoms with E-state index in [9.17, 15) is 14.4 Å². The highest BCUT2D eigenvalue weighted by atomic mass is 16.6. The number of fused-ring (bicyclic) bond motifs is 3. The SMILES string of the molecule is COC(=O)NC[C@@H]1OC(=O)N2c3ccc(-c4ccc(N5CCOC5=O)nc4)cc3C[C@@H]12. The number of benzene rings is 1. The van der Waals surface area contributed by atoms with Crippen molar-refractivity contribution in [2.24, 2.45) is 0 Å². The third-order valence-electron chi connectivity index (χ3n) is 5.73. The normalized spacial score (nSPS) is 21.5. The van der Waals surface area contributed by atoms with Gasteiger partial charge in [-0.25, -0.2) is 19.4 Å². The van der Waals surface area contributed by atoms with Gasteiger partial charge in [0.05, 0.1) is 31.9 Å². The predicted molar refractivity (Wildman–Crippen MR) is 109 cm³/mol. The lowest BCUT2D eigenvalue weighted by Gasteiger charge is -2.16. The summed E-state index contributed by atoms with van der Waals surface area (Å²) in [6.45, 7) is 1.04. The molecule has 1 aromatic carbocycles. The molecule has 31 heavy (non-hydrogen) atoms. The molecule has 5 rings (SSSR count). The first-order chi connectivity index (χ1) is 15.0. The molecule has 0 spiro atoms. The van der Waals surface area contributed by atoms with E-state index in [0.29, 0.717) is 25.4 Å². The molecule has 3 aliphatic rings. The van der Waals surface area contributed by atoms with Gasteiger partial charge in [0.1, 0.15) is 18.5 Å². The number of nitrogens with one attached hydrogen (secondary N) is 1. The minimum atomic E-state index is -0.564. The Labute approximate surface area is 177 Å². The molecule has 0 saturated carbocycles. The smallest absolute Gasteiger partial charge is 0.415 e. The standard InChI is InChI=1S/C21H20N4O6/c1-29-19(26)23-11-17-16-9-14-8-12(2-4-15(14)25(16)21(28)31-17)13-3-5-18(22-10-13)24-6-7-30-20(24)27/h2-5,8,10,16-17H,6-7,9,11H2,1H3,(H,23,26)/t16-,17-/m0/s1. The number of hydrogen-bond acceptors (Lipinski definition) is 7. The van der Waals surface area contributed by atoms with Crippen LogP contribution in [0.5, 0.6) is 0 Å². The van der Waals surface area contributed by atoms with Crippen LogP contribution in [0.15, 0.2) is 36.5 Å². The molecular formula is C21H20N4O6. The maximum absolute atomic E-state index is 12.4. The van der Waals surface area contributed by atoms with Crippen molar-refractivity contribution >= 4 is 29.8 Å². The van der Waals surface area contributed by atoms with Gasteiger partial charge >= 0.3 is 18.3 Å². The van der Waals surface area contributed by atoms with Crippen molar-refractivity contribution in [3.8, 4) is 11.1 Å². The molecule has 2 saturated heterocycles. The van der Waals surface area contributed by atoms with Gasteiger partial charge in [-0.2, -0.15) is 0 Å². The molecule has 10 heteroatoms. The number of anilines is 2. The predicted octanol–water partition coefficient (Wildman–Crippen LogP) is 2.31. The summed E-state index contributed by atoms with van der Waals surface area (Å²) in [6.07, 6.45) is 0.510. The number of alkyl carbamates (subject to hydrolysis) is 1. The molecule has 2 aromatic rings. The van der Waals surface area contributed by atoms with Gasteiger partial charge in [0.15, 0.2) is 0 Å². The molecule has 1 N–H and O–H groups in total. The number of cyclic esters (lactones) is 2. The Morgan fingerprint density at radius 1 is 1.23 bits per heavy atom. The van der Waals surface area contributed by atoms with E-state index in [0.717, 1.165) is 22.4 Å². The van der Waals surface area contributed by atoms with Crippen LogP contribution in [-0.2, 0) is 20.6 Å². The summed E-state index contributed by atoms with van der Waals surface area (Å²) in [5, 5.41) is 2.59. The highest BCUT2D eigenvalue weighted by Crippen LogP contribution is 2.40. The van der Waals surface area contributed by atoms with Gasteiger partial charge in [0, 0.05) is 11.8 Å². The van der Waals surface area contributed by atoms with Gasteiger partial charge in [0.25, 0.3) is 0 Å². The van der Waals surface area contributed by atoms with Crippen LogP contribution in [0.1, 0.15) is 5.56 Å². The first-order valence-electron chi connectivity index (χ1n) is 9.90. The monoisotopic (exact) mass is 424 g/mol. The lowest BCUT2D eigenvalue weighted by molar-refractivity contribution is 0.123. The number of carbonyl (C=O) groups is 3. The zero-order valence-electron chi connectivity index (χ0n) is 16.7. The van der Waals surface area contributed by atoms with Crippen LogP contribution in [0.25, 0.3) is 11.1 Å². The first kappa shape index (κ1) is 19.2. The fourth-order valence-electron chi connectivity index (χ4n) is 4.21. The number of methoxy groups -OCH3 is 1. The fraction of sp³-hybridized carbons (Fsp3) is 0.333. The lowest BCUT2D eigenvalue weighted by atomic mass is 10.0. The van der Waals surface area contributed by atoms with Crippen molar-refractivity contribution in [3.63, 3.8) is 0 Å². The van der Waals surface area contributed by atoms with Crippen molar-refractivity contribution in [1.82, 2.24) is 10.3 Å². The van der Waals surface area contributed by atoms with Crippen LogP contribution in [0.2, 0.25) is 0 Å². The lowest BCUT2D eigenvalue weighted by Crippen LogP contribution is -2.40. The second kappa shape index (κ2) is 7.46. The molecule has 2 atom stereocenters. The zero-order chi connectivity index (χ0) is 21.5. The van der Waals surface area contributed by atoms with Crippen LogP contribution < -0.4 is 15.1 Å². The van der Waals surface area contributed by atoms with E-state index < -0.39 is 18.3 Å². The van der Waals surface area contributed by atoms with Gasteiger partial charge in [0.2, 0.25) is 0 Å².